The van der Waals surface area contributed by atoms with Crippen molar-refractivity contribution in [1.82, 2.24) is 9.78 Å². The summed E-state index contributed by atoms with van der Waals surface area (Å²) in [6.45, 7) is 0.632. The molecule has 0 aliphatic heterocycles. The highest BCUT2D eigenvalue weighted by Gasteiger charge is 2.02. The summed E-state index contributed by atoms with van der Waals surface area (Å²) < 4.78 is 1.74. The highest BCUT2D eigenvalue weighted by Crippen LogP contribution is 2.21. The number of aryl methyl sites for hydroxylation is 1. The zero-order valence-corrected chi connectivity index (χ0v) is 10.3. The molecule has 3 nitrogen and oxygen atoms in total. The summed E-state index contributed by atoms with van der Waals surface area (Å²) in [5, 5.41) is 8.70. The number of rotatable bonds is 3. The van der Waals surface area contributed by atoms with E-state index in [4.69, 9.17) is 23.2 Å². The van der Waals surface area contributed by atoms with Gasteiger partial charge in [-0.3, -0.25) is 4.68 Å². The molecule has 5 heteroatoms. The van der Waals surface area contributed by atoms with E-state index in [1.807, 2.05) is 31.4 Å². The number of hydrogen-bond donors (Lipinski definition) is 1. The molecule has 0 spiro atoms. The first kappa shape index (κ1) is 11.3. The third-order valence-corrected chi connectivity index (χ3v) is 2.78. The number of anilines is 1. The minimum absolute atomic E-state index is 0.632. The van der Waals surface area contributed by atoms with E-state index in [0.717, 1.165) is 11.4 Å². The second-order valence-corrected chi connectivity index (χ2v) is 4.31. The Bertz CT molecular complexity index is 494. The first-order valence-corrected chi connectivity index (χ1v) is 5.58. The Morgan fingerprint density at radius 1 is 1.31 bits per heavy atom. The van der Waals surface area contributed by atoms with Gasteiger partial charge < -0.3 is 5.32 Å². The van der Waals surface area contributed by atoms with Crippen LogP contribution in [-0.4, -0.2) is 9.78 Å². The number of aromatic nitrogens is 2. The van der Waals surface area contributed by atoms with Crippen LogP contribution in [0.2, 0.25) is 10.0 Å². The summed E-state index contributed by atoms with van der Waals surface area (Å²) in [5.41, 5.74) is 0.997. The van der Waals surface area contributed by atoms with Crippen LogP contribution in [-0.2, 0) is 13.6 Å². The molecule has 84 valence electrons. The Hall–Kier alpha value is -1.19. The van der Waals surface area contributed by atoms with Gasteiger partial charge in [-0.25, -0.2) is 0 Å². The highest BCUT2D eigenvalue weighted by atomic mass is 35.5. The lowest BCUT2D eigenvalue weighted by Gasteiger charge is -2.05. The lowest BCUT2D eigenvalue weighted by atomic mass is 10.2. The highest BCUT2D eigenvalue weighted by molar-refractivity contribution is 6.35. The third kappa shape index (κ3) is 2.68. The van der Waals surface area contributed by atoms with Gasteiger partial charge in [-0.05, 0) is 17.7 Å². The Balaban J connectivity index is 2.04. The third-order valence-electron chi connectivity index (χ3n) is 2.19. The van der Waals surface area contributed by atoms with Crippen LogP contribution in [0.1, 0.15) is 5.56 Å². The fourth-order valence-corrected chi connectivity index (χ4v) is 1.84. The zero-order chi connectivity index (χ0) is 11.5. The Morgan fingerprint density at radius 3 is 2.75 bits per heavy atom. The van der Waals surface area contributed by atoms with Crippen LogP contribution in [0.4, 0.5) is 5.82 Å². The summed E-state index contributed by atoms with van der Waals surface area (Å²) in [6, 6.07) is 7.37. The molecule has 0 atom stereocenters. The minimum atomic E-state index is 0.632. The van der Waals surface area contributed by atoms with E-state index in [2.05, 4.69) is 10.4 Å². The van der Waals surface area contributed by atoms with Crippen molar-refractivity contribution < 1.29 is 0 Å². The molecule has 0 saturated heterocycles. The van der Waals surface area contributed by atoms with Crippen molar-refractivity contribution >= 4 is 29.0 Å². The Morgan fingerprint density at radius 2 is 2.12 bits per heavy atom. The normalized spacial score (nSPS) is 10.4. The molecule has 16 heavy (non-hydrogen) atoms. The molecule has 1 aromatic heterocycles. The van der Waals surface area contributed by atoms with Gasteiger partial charge in [0.2, 0.25) is 0 Å². The largest absolute Gasteiger partial charge is 0.364 e. The van der Waals surface area contributed by atoms with Gasteiger partial charge in [0, 0.05) is 35.9 Å². The average molecular weight is 256 g/mol. The van der Waals surface area contributed by atoms with Crippen molar-refractivity contribution in [2.24, 2.45) is 7.05 Å². The molecular weight excluding hydrogens is 245 g/mol. The average Bonchev–Trinajstić information content (AvgIpc) is 2.63. The summed E-state index contributed by atoms with van der Waals surface area (Å²) in [6.07, 6.45) is 1.88. The Kier molecular flexibility index (Phi) is 3.36. The number of nitrogens with zero attached hydrogens (tertiary/aromatic N) is 2. The van der Waals surface area contributed by atoms with Crippen LogP contribution >= 0.6 is 23.2 Å². The SMILES string of the molecule is Cn1ccc(NCc2ccc(Cl)cc2Cl)n1. The Labute approximate surface area is 104 Å². The fourth-order valence-electron chi connectivity index (χ4n) is 1.36. The van der Waals surface area contributed by atoms with Crippen LogP contribution < -0.4 is 5.32 Å². The molecule has 0 fully saturated rings. The van der Waals surface area contributed by atoms with E-state index >= 15 is 0 Å². The molecule has 0 aliphatic rings. The van der Waals surface area contributed by atoms with Crippen LogP contribution in [0.25, 0.3) is 0 Å². The van der Waals surface area contributed by atoms with E-state index in [-0.39, 0.29) is 0 Å². The maximum atomic E-state index is 6.05. The number of halogens is 2. The second-order valence-electron chi connectivity index (χ2n) is 3.46. The second kappa shape index (κ2) is 4.76. The quantitative estimate of drug-likeness (QED) is 0.912. The van der Waals surface area contributed by atoms with Crippen LogP contribution in [0.3, 0.4) is 0 Å². The van der Waals surface area contributed by atoms with E-state index in [1.54, 1.807) is 10.7 Å². The standard InChI is InChI=1S/C11H11Cl2N3/c1-16-5-4-11(15-16)14-7-8-2-3-9(12)6-10(8)13/h2-6H,7H2,1H3,(H,14,15). The molecule has 2 rings (SSSR count). The summed E-state index contributed by atoms with van der Waals surface area (Å²) >= 11 is 11.9. The maximum Gasteiger partial charge on any atom is 0.148 e. The van der Waals surface area contributed by atoms with Crippen molar-refractivity contribution in [1.29, 1.82) is 0 Å². The molecule has 1 heterocycles. The van der Waals surface area contributed by atoms with Gasteiger partial charge >= 0.3 is 0 Å². The smallest absolute Gasteiger partial charge is 0.148 e. The van der Waals surface area contributed by atoms with E-state index < -0.39 is 0 Å². The summed E-state index contributed by atoms with van der Waals surface area (Å²) in [4.78, 5) is 0. The molecule has 0 aliphatic carbocycles. The van der Waals surface area contributed by atoms with Crippen molar-refractivity contribution in [2.75, 3.05) is 5.32 Å². The molecule has 0 saturated carbocycles. The number of nitrogens with one attached hydrogen (secondary N) is 1. The monoisotopic (exact) mass is 255 g/mol. The van der Waals surface area contributed by atoms with Crippen molar-refractivity contribution in [3.63, 3.8) is 0 Å². The van der Waals surface area contributed by atoms with Gasteiger partial charge in [-0.15, -0.1) is 0 Å². The zero-order valence-electron chi connectivity index (χ0n) is 8.74. The molecule has 1 N–H and O–H groups in total. The van der Waals surface area contributed by atoms with Gasteiger partial charge in [-0.1, -0.05) is 29.3 Å². The van der Waals surface area contributed by atoms with Crippen molar-refractivity contribution in [3.8, 4) is 0 Å². The predicted molar refractivity (Wildman–Crippen MR) is 67.0 cm³/mol. The lowest BCUT2D eigenvalue weighted by molar-refractivity contribution is 0.768. The van der Waals surface area contributed by atoms with E-state index in [0.29, 0.717) is 16.6 Å². The van der Waals surface area contributed by atoms with Gasteiger partial charge in [0.05, 0.1) is 0 Å². The van der Waals surface area contributed by atoms with Gasteiger partial charge in [0.25, 0.3) is 0 Å². The summed E-state index contributed by atoms with van der Waals surface area (Å²) in [5.74, 6) is 0.827. The van der Waals surface area contributed by atoms with Crippen molar-refractivity contribution in [3.05, 3.63) is 46.1 Å². The van der Waals surface area contributed by atoms with Crippen LogP contribution in [0.15, 0.2) is 30.5 Å². The predicted octanol–water partition coefficient (Wildman–Crippen LogP) is 3.34. The molecule has 0 amide bonds. The maximum absolute atomic E-state index is 6.05. The van der Waals surface area contributed by atoms with Gasteiger partial charge in [-0.2, -0.15) is 5.10 Å². The van der Waals surface area contributed by atoms with E-state index in [9.17, 15) is 0 Å². The first-order chi connectivity index (χ1) is 7.65. The molecule has 0 unspecified atom stereocenters. The topological polar surface area (TPSA) is 29.9 Å². The van der Waals surface area contributed by atoms with Crippen LogP contribution in [0, 0.1) is 0 Å². The lowest BCUT2D eigenvalue weighted by Crippen LogP contribution is -2.01. The molecular formula is C11H11Cl2N3. The van der Waals surface area contributed by atoms with Gasteiger partial charge in [0.1, 0.15) is 5.82 Å². The van der Waals surface area contributed by atoms with E-state index in [1.165, 1.54) is 0 Å². The number of hydrogen-bond acceptors (Lipinski definition) is 2. The van der Waals surface area contributed by atoms with Gasteiger partial charge in [0.15, 0.2) is 0 Å². The van der Waals surface area contributed by atoms with Crippen molar-refractivity contribution in [2.45, 2.75) is 6.54 Å². The molecule has 2 aromatic rings. The fraction of sp³-hybridized carbons (Fsp3) is 0.182. The summed E-state index contributed by atoms with van der Waals surface area (Å²) in [7, 11) is 1.88. The molecule has 1 aromatic carbocycles. The molecule has 0 radical (unpaired) electrons. The van der Waals surface area contributed by atoms with Crippen LogP contribution in [0.5, 0.6) is 0 Å². The number of benzene rings is 1. The first-order valence-electron chi connectivity index (χ1n) is 4.82. The minimum Gasteiger partial charge on any atom is -0.364 e. The molecule has 0 bridgehead atoms.